The van der Waals surface area contributed by atoms with Crippen LogP contribution in [0.25, 0.3) is 16.8 Å². The van der Waals surface area contributed by atoms with Crippen molar-refractivity contribution in [2.45, 2.75) is 17.8 Å². The monoisotopic (exact) mass is 405 g/mol. The Labute approximate surface area is 169 Å². The Hall–Kier alpha value is -3.46. The lowest BCUT2D eigenvalue weighted by Gasteiger charge is -2.08. The number of H-pyrrole nitrogens is 1. The molecule has 7 nitrogen and oxygen atoms in total. The number of aryl methyl sites for hydroxylation is 1. The minimum atomic E-state index is -0.281. The molecule has 0 amide bonds. The fourth-order valence-electron chi connectivity index (χ4n) is 3.01. The van der Waals surface area contributed by atoms with Crippen molar-refractivity contribution < 1.29 is 4.39 Å². The third-order valence-electron chi connectivity index (χ3n) is 4.31. The summed E-state index contributed by atoms with van der Waals surface area (Å²) in [5.41, 5.74) is 3.51. The summed E-state index contributed by atoms with van der Waals surface area (Å²) >= 11 is 1.48. The number of halogens is 1. The van der Waals surface area contributed by atoms with Gasteiger partial charge < -0.3 is 10.3 Å². The van der Waals surface area contributed by atoms with E-state index in [4.69, 9.17) is 0 Å². The van der Waals surface area contributed by atoms with Crippen molar-refractivity contribution in [1.82, 2.24) is 29.5 Å². The van der Waals surface area contributed by atoms with Gasteiger partial charge in [0.2, 0.25) is 5.16 Å². The van der Waals surface area contributed by atoms with Crippen LogP contribution in [0.15, 0.2) is 59.8 Å². The van der Waals surface area contributed by atoms with Crippen LogP contribution in [0.5, 0.6) is 0 Å². The smallest absolute Gasteiger partial charge is 0.255 e. The van der Waals surface area contributed by atoms with Crippen LogP contribution in [0.2, 0.25) is 0 Å². The normalized spacial score (nSPS) is 11.4. The highest BCUT2D eigenvalue weighted by Crippen LogP contribution is 2.23. The maximum atomic E-state index is 13.2. The first-order chi connectivity index (χ1) is 14.1. The Bertz CT molecular complexity index is 1280. The standard InChI is InChI=1S/C20H16FN7S/c1-12-10-18(23-14-8-6-13(21)7-9-14)28-19(22-12)26-20(27-28)29-11-17-24-15-4-2-3-5-16(15)25-17/h2-10,23H,11H2,1H3,(H,24,25). The quantitative estimate of drug-likeness (QED) is 0.419. The fraction of sp³-hybridized carbons (Fsp3) is 0.100. The number of aromatic amines is 1. The van der Waals surface area contributed by atoms with Gasteiger partial charge >= 0.3 is 0 Å². The summed E-state index contributed by atoms with van der Waals surface area (Å²) < 4.78 is 14.8. The van der Waals surface area contributed by atoms with Crippen molar-refractivity contribution in [3.05, 3.63) is 71.9 Å². The molecule has 5 aromatic rings. The van der Waals surface area contributed by atoms with Gasteiger partial charge in [0, 0.05) is 17.4 Å². The van der Waals surface area contributed by atoms with Crippen molar-refractivity contribution in [2.75, 3.05) is 5.32 Å². The predicted molar refractivity (Wildman–Crippen MR) is 111 cm³/mol. The Kier molecular flexibility index (Phi) is 4.36. The van der Waals surface area contributed by atoms with Crippen molar-refractivity contribution in [3.63, 3.8) is 0 Å². The summed E-state index contributed by atoms with van der Waals surface area (Å²) in [6.45, 7) is 1.89. The molecule has 0 unspecified atom stereocenters. The second kappa shape index (κ2) is 7.17. The molecule has 2 N–H and O–H groups in total. The lowest BCUT2D eigenvalue weighted by atomic mass is 10.3. The van der Waals surface area contributed by atoms with E-state index in [-0.39, 0.29) is 5.82 Å². The van der Waals surface area contributed by atoms with E-state index < -0.39 is 0 Å². The topological polar surface area (TPSA) is 83.8 Å². The molecule has 3 aromatic heterocycles. The van der Waals surface area contributed by atoms with Crippen molar-refractivity contribution in [2.24, 2.45) is 0 Å². The van der Waals surface area contributed by atoms with E-state index >= 15 is 0 Å². The number of fused-ring (bicyclic) bond motifs is 2. The molecule has 0 fully saturated rings. The average Bonchev–Trinajstić information content (AvgIpc) is 3.31. The van der Waals surface area contributed by atoms with Gasteiger partial charge in [0.15, 0.2) is 0 Å². The van der Waals surface area contributed by atoms with Gasteiger partial charge in [-0.15, -0.1) is 5.10 Å². The number of para-hydroxylation sites is 2. The highest BCUT2D eigenvalue weighted by molar-refractivity contribution is 7.98. The van der Waals surface area contributed by atoms with Crippen LogP contribution in [0.1, 0.15) is 11.5 Å². The van der Waals surface area contributed by atoms with E-state index in [0.29, 0.717) is 22.5 Å². The summed E-state index contributed by atoms with van der Waals surface area (Å²) in [5, 5.41) is 8.41. The van der Waals surface area contributed by atoms with Crippen molar-refractivity contribution >= 4 is 40.1 Å². The number of aromatic nitrogens is 6. The van der Waals surface area contributed by atoms with Crippen LogP contribution in [0.4, 0.5) is 15.9 Å². The van der Waals surface area contributed by atoms with Gasteiger partial charge in [-0.05, 0) is 43.3 Å². The van der Waals surface area contributed by atoms with Crippen LogP contribution in [-0.4, -0.2) is 29.5 Å². The highest BCUT2D eigenvalue weighted by Gasteiger charge is 2.12. The number of rotatable bonds is 5. The molecule has 5 rings (SSSR count). The predicted octanol–water partition coefficient (Wildman–Crippen LogP) is 4.48. The maximum absolute atomic E-state index is 13.2. The highest BCUT2D eigenvalue weighted by atomic mass is 32.2. The zero-order valence-electron chi connectivity index (χ0n) is 15.4. The molecule has 0 aliphatic carbocycles. The maximum Gasteiger partial charge on any atom is 0.255 e. The van der Waals surface area contributed by atoms with E-state index in [1.54, 1.807) is 16.6 Å². The van der Waals surface area contributed by atoms with Gasteiger partial charge in [-0.25, -0.2) is 14.4 Å². The lowest BCUT2D eigenvalue weighted by Crippen LogP contribution is -2.02. The van der Waals surface area contributed by atoms with Gasteiger partial charge in [-0.3, -0.25) is 0 Å². The first-order valence-corrected chi connectivity index (χ1v) is 9.96. The Morgan fingerprint density at radius 2 is 1.90 bits per heavy atom. The number of anilines is 2. The third-order valence-corrected chi connectivity index (χ3v) is 5.16. The zero-order valence-corrected chi connectivity index (χ0v) is 16.2. The van der Waals surface area contributed by atoms with E-state index in [1.807, 2.05) is 37.3 Å². The SMILES string of the molecule is Cc1cc(Nc2ccc(F)cc2)n2nc(SCc3nc4ccccc4[nH]3)nc2n1. The second-order valence-corrected chi connectivity index (χ2v) is 7.45. The number of hydrogen-bond acceptors (Lipinski definition) is 6. The molecule has 0 saturated carbocycles. The van der Waals surface area contributed by atoms with E-state index in [0.717, 1.165) is 28.2 Å². The first-order valence-electron chi connectivity index (χ1n) is 8.97. The van der Waals surface area contributed by atoms with Gasteiger partial charge in [-0.1, -0.05) is 23.9 Å². The molecular weight excluding hydrogens is 389 g/mol. The third kappa shape index (κ3) is 3.64. The fourth-order valence-corrected chi connectivity index (χ4v) is 3.69. The van der Waals surface area contributed by atoms with Crippen LogP contribution in [0, 0.1) is 12.7 Å². The average molecular weight is 405 g/mol. The molecule has 2 aromatic carbocycles. The van der Waals surface area contributed by atoms with E-state index in [9.17, 15) is 4.39 Å². The molecule has 3 heterocycles. The summed E-state index contributed by atoms with van der Waals surface area (Å²) in [4.78, 5) is 16.9. The summed E-state index contributed by atoms with van der Waals surface area (Å²) in [6.07, 6.45) is 0. The number of nitrogens with one attached hydrogen (secondary N) is 2. The molecule has 144 valence electrons. The Morgan fingerprint density at radius 3 is 2.72 bits per heavy atom. The summed E-state index contributed by atoms with van der Waals surface area (Å²) in [5.74, 6) is 2.41. The largest absolute Gasteiger partial charge is 0.341 e. The lowest BCUT2D eigenvalue weighted by molar-refractivity contribution is 0.628. The van der Waals surface area contributed by atoms with Gasteiger partial charge in [0.25, 0.3) is 5.78 Å². The minimum Gasteiger partial charge on any atom is -0.341 e. The number of imidazole rings is 1. The summed E-state index contributed by atoms with van der Waals surface area (Å²) in [7, 11) is 0. The number of hydrogen-bond donors (Lipinski definition) is 2. The second-order valence-electron chi connectivity index (χ2n) is 6.51. The van der Waals surface area contributed by atoms with E-state index in [1.165, 1.54) is 23.9 Å². The first kappa shape index (κ1) is 17.6. The number of benzene rings is 2. The Balaban J connectivity index is 1.41. The molecule has 9 heteroatoms. The van der Waals surface area contributed by atoms with E-state index in [2.05, 4.69) is 30.4 Å². The van der Waals surface area contributed by atoms with Crippen LogP contribution in [-0.2, 0) is 5.75 Å². The van der Waals surface area contributed by atoms with Gasteiger partial charge in [0.05, 0.1) is 16.8 Å². The minimum absolute atomic E-state index is 0.281. The molecule has 0 aliphatic rings. The molecule has 0 atom stereocenters. The molecular formula is C20H16FN7S. The van der Waals surface area contributed by atoms with Crippen molar-refractivity contribution in [3.8, 4) is 0 Å². The molecule has 0 saturated heterocycles. The van der Waals surface area contributed by atoms with Crippen LogP contribution >= 0.6 is 11.8 Å². The number of nitrogens with zero attached hydrogens (tertiary/aromatic N) is 5. The molecule has 29 heavy (non-hydrogen) atoms. The zero-order chi connectivity index (χ0) is 19.8. The molecule has 0 spiro atoms. The van der Waals surface area contributed by atoms with Gasteiger partial charge in [-0.2, -0.15) is 9.50 Å². The van der Waals surface area contributed by atoms with Crippen molar-refractivity contribution in [1.29, 1.82) is 0 Å². The van der Waals surface area contributed by atoms with Gasteiger partial charge in [0.1, 0.15) is 17.5 Å². The van der Waals surface area contributed by atoms with Crippen LogP contribution in [0.3, 0.4) is 0 Å². The molecule has 0 bridgehead atoms. The molecule has 0 aliphatic heterocycles. The summed E-state index contributed by atoms with van der Waals surface area (Å²) in [6, 6.07) is 15.9. The Morgan fingerprint density at radius 1 is 1.07 bits per heavy atom. The van der Waals surface area contributed by atoms with Crippen LogP contribution < -0.4 is 5.32 Å². The molecule has 0 radical (unpaired) electrons. The number of thioether (sulfide) groups is 1.